The number of amides is 1. The lowest BCUT2D eigenvalue weighted by atomic mass is 10.1. The largest absolute Gasteiger partial charge is 0.339 e. The lowest BCUT2D eigenvalue weighted by Crippen LogP contribution is -2.56. The third-order valence-corrected chi connectivity index (χ3v) is 2.99. The number of nitrogens with one attached hydrogen (secondary N) is 1. The van der Waals surface area contributed by atoms with E-state index in [0.717, 1.165) is 18.7 Å². The minimum absolute atomic E-state index is 0.193. The van der Waals surface area contributed by atoms with Gasteiger partial charge in [0.2, 0.25) is 5.91 Å². The summed E-state index contributed by atoms with van der Waals surface area (Å²) in [5, 5.41) is 3.42. The van der Waals surface area contributed by atoms with E-state index in [2.05, 4.69) is 24.1 Å². The molecule has 0 unspecified atom stereocenters. The van der Waals surface area contributed by atoms with Crippen molar-refractivity contribution in [3.8, 4) is 0 Å². The van der Waals surface area contributed by atoms with Gasteiger partial charge < -0.3 is 10.2 Å². The van der Waals surface area contributed by atoms with Gasteiger partial charge in [-0.05, 0) is 25.5 Å². The number of hydrogen-bond donors (Lipinski definition) is 1. The van der Waals surface area contributed by atoms with Crippen LogP contribution in [0, 0.1) is 0 Å². The van der Waals surface area contributed by atoms with Gasteiger partial charge in [0.05, 0.1) is 6.42 Å². The van der Waals surface area contributed by atoms with E-state index in [9.17, 15) is 4.79 Å². The van der Waals surface area contributed by atoms with Crippen LogP contribution >= 0.6 is 0 Å². The van der Waals surface area contributed by atoms with Crippen LogP contribution in [0.5, 0.6) is 0 Å². The molecule has 0 saturated carbocycles. The highest BCUT2D eigenvalue weighted by molar-refractivity contribution is 5.78. The molecular formula is C13H19N3O. The topological polar surface area (TPSA) is 45.2 Å². The Labute approximate surface area is 102 Å². The molecule has 0 aliphatic carbocycles. The Kier molecular flexibility index (Phi) is 3.74. The number of rotatable bonds is 2. The summed E-state index contributed by atoms with van der Waals surface area (Å²) in [5.41, 5.74) is 0.983. The highest BCUT2D eigenvalue weighted by atomic mass is 16.2. The van der Waals surface area contributed by atoms with E-state index >= 15 is 0 Å². The molecule has 0 radical (unpaired) electrons. The fourth-order valence-corrected chi connectivity index (χ4v) is 2.32. The monoisotopic (exact) mass is 233 g/mol. The Balaban J connectivity index is 1.96. The number of carbonyl (C=O) groups is 1. The standard InChI is InChI=1S/C13H19N3O/c1-10-8-16(9-11(2)15-10)13(17)6-12-4-3-5-14-7-12/h3-5,7,10-11,15H,6,8-9H2,1-2H3/t10-,11-/m1/s1. The van der Waals surface area contributed by atoms with Crippen LogP contribution in [0.1, 0.15) is 19.4 Å². The Hall–Kier alpha value is -1.42. The second-order valence-corrected chi connectivity index (χ2v) is 4.81. The number of hydrogen-bond acceptors (Lipinski definition) is 3. The van der Waals surface area contributed by atoms with Gasteiger partial charge >= 0.3 is 0 Å². The predicted molar refractivity (Wildman–Crippen MR) is 66.6 cm³/mol. The number of pyridine rings is 1. The molecule has 4 nitrogen and oxygen atoms in total. The zero-order valence-electron chi connectivity index (χ0n) is 10.4. The second-order valence-electron chi connectivity index (χ2n) is 4.81. The van der Waals surface area contributed by atoms with Crippen molar-refractivity contribution in [1.29, 1.82) is 0 Å². The lowest BCUT2D eigenvalue weighted by molar-refractivity contribution is -0.132. The normalized spacial score (nSPS) is 24.7. The van der Waals surface area contributed by atoms with Gasteiger partial charge in [-0.2, -0.15) is 0 Å². The van der Waals surface area contributed by atoms with E-state index in [-0.39, 0.29) is 5.91 Å². The van der Waals surface area contributed by atoms with E-state index in [1.807, 2.05) is 17.0 Å². The molecule has 4 heteroatoms. The van der Waals surface area contributed by atoms with E-state index in [1.54, 1.807) is 12.4 Å². The number of aromatic nitrogens is 1. The molecule has 1 aromatic rings. The molecular weight excluding hydrogens is 214 g/mol. The smallest absolute Gasteiger partial charge is 0.227 e. The minimum atomic E-state index is 0.193. The summed E-state index contributed by atoms with van der Waals surface area (Å²) in [5.74, 6) is 0.193. The van der Waals surface area contributed by atoms with Gasteiger partial charge in [0.15, 0.2) is 0 Å². The Morgan fingerprint density at radius 1 is 1.47 bits per heavy atom. The zero-order valence-corrected chi connectivity index (χ0v) is 10.4. The molecule has 0 aromatic carbocycles. The molecule has 2 heterocycles. The molecule has 2 rings (SSSR count). The maximum Gasteiger partial charge on any atom is 0.227 e. The van der Waals surface area contributed by atoms with Gasteiger partial charge in [0.25, 0.3) is 0 Å². The molecule has 1 aromatic heterocycles. The van der Waals surface area contributed by atoms with Gasteiger partial charge in [-0.15, -0.1) is 0 Å². The summed E-state index contributed by atoms with van der Waals surface area (Å²) in [4.78, 5) is 18.1. The third-order valence-electron chi connectivity index (χ3n) is 2.99. The first-order chi connectivity index (χ1) is 8.15. The SMILES string of the molecule is C[C@@H]1CN(C(=O)Cc2cccnc2)C[C@@H](C)N1. The second kappa shape index (κ2) is 5.27. The summed E-state index contributed by atoms with van der Waals surface area (Å²) in [6.07, 6.45) is 3.93. The molecule has 1 fully saturated rings. The van der Waals surface area contributed by atoms with Crippen molar-refractivity contribution >= 4 is 5.91 Å². The van der Waals surface area contributed by atoms with Crippen LogP contribution in [-0.4, -0.2) is 41.0 Å². The molecule has 1 aliphatic rings. The number of carbonyl (C=O) groups excluding carboxylic acids is 1. The van der Waals surface area contributed by atoms with Crippen LogP contribution in [0.2, 0.25) is 0 Å². The van der Waals surface area contributed by atoms with E-state index in [4.69, 9.17) is 0 Å². The Morgan fingerprint density at radius 2 is 2.18 bits per heavy atom. The molecule has 0 spiro atoms. The fraction of sp³-hybridized carbons (Fsp3) is 0.538. The average molecular weight is 233 g/mol. The summed E-state index contributed by atoms with van der Waals surface area (Å²) in [6.45, 7) is 5.81. The fourth-order valence-electron chi connectivity index (χ4n) is 2.32. The molecule has 1 aliphatic heterocycles. The average Bonchev–Trinajstić information content (AvgIpc) is 2.29. The molecule has 17 heavy (non-hydrogen) atoms. The van der Waals surface area contributed by atoms with Gasteiger partial charge in [-0.25, -0.2) is 0 Å². The summed E-state index contributed by atoms with van der Waals surface area (Å²) in [7, 11) is 0. The van der Waals surface area contributed by atoms with Crippen molar-refractivity contribution < 1.29 is 4.79 Å². The zero-order chi connectivity index (χ0) is 12.3. The molecule has 1 N–H and O–H groups in total. The Bertz CT molecular complexity index is 370. The van der Waals surface area contributed by atoms with Gasteiger partial charge in [0, 0.05) is 37.6 Å². The van der Waals surface area contributed by atoms with Crippen molar-refractivity contribution in [2.24, 2.45) is 0 Å². The lowest BCUT2D eigenvalue weighted by Gasteiger charge is -2.36. The van der Waals surface area contributed by atoms with Crippen molar-refractivity contribution in [3.63, 3.8) is 0 Å². The molecule has 1 saturated heterocycles. The highest BCUT2D eigenvalue weighted by Gasteiger charge is 2.24. The molecule has 2 atom stereocenters. The summed E-state index contributed by atoms with van der Waals surface area (Å²) >= 11 is 0. The van der Waals surface area contributed by atoms with E-state index < -0.39 is 0 Å². The first-order valence-corrected chi connectivity index (χ1v) is 6.08. The van der Waals surface area contributed by atoms with Crippen LogP contribution in [0.3, 0.4) is 0 Å². The van der Waals surface area contributed by atoms with Crippen LogP contribution in [0.25, 0.3) is 0 Å². The molecule has 1 amide bonds. The van der Waals surface area contributed by atoms with Crippen molar-refractivity contribution in [2.45, 2.75) is 32.4 Å². The van der Waals surface area contributed by atoms with Gasteiger partial charge in [-0.3, -0.25) is 9.78 Å². The first kappa shape index (κ1) is 12.0. The van der Waals surface area contributed by atoms with E-state index in [0.29, 0.717) is 18.5 Å². The van der Waals surface area contributed by atoms with Gasteiger partial charge in [0.1, 0.15) is 0 Å². The quantitative estimate of drug-likeness (QED) is 0.823. The predicted octanol–water partition coefficient (Wildman–Crippen LogP) is 0.833. The minimum Gasteiger partial charge on any atom is -0.339 e. The first-order valence-electron chi connectivity index (χ1n) is 6.08. The third kappa shape index (κ3) is 3.27. The summed E-state index contributed by atoms with van der Waals surface area (Å²) in [6, 6.07) is 4.55. The maximum atomic E-state index is 12.1. The van der Waals surface area contributed by atoms with Crippen molar-refractivity contribution in [3.05, 3.63) is 30.1 Å². The van der Waals surface area contributed by atoms with Crippen molar-refractivity contribution in [1.82, 2.24) is 15.2 Å². The summed E-state index contributed by atoms with van der Waals surface area (Å²) < 4.78 is 0. The van der Waals surface area contributed by atoms with Crippen LogP contribution in [-0.2, 0) is 11.2 Å². The Morgan fingerprint density at radius 3 is 2.76 bits per heavy atom. The van der Waals surface area contributed by atoms with Gasteiger partial charge in [-0.1, -0.05) is 6.07 Å². The van der Waals surface area contributed by atoms with Crippen LogP contribution in [0.15, 0.2) is 24.5 Å². The van der Waals surface area contributed by atoms with E-state index in [1.165, 1.54) is 0 Å². The molecule has 92 valence electrons. The molecule has 0 bridgehead atoms. The highest BCUT2D eigenvalue weighted by Crippen LogP contribution is 2.07. The van der Waals surface area contributed by atoms with Crippen LogP contribution in [0.4, 0.5) is 0 Å². The van der Waals surface area contributed by atoms with Crippen LogP contribution < -0.4 is 5.32 Å². The number of nitrogens with zero attached hydrogens (tertiary/aromatic N) is 2. The maximum absolute atomic E-state index is 12.1. The number of piperazine rings is 1. The van der Waals surface area contributed by atoms with Crippen molar-refractivity contribution in [2.75, 3.05) is 13.1 Å².